The van der Waals surface area contributed by atoms with Gasteiger partial charge in [0, 0.05) is 25.9 Å². The van der Waals surface area contributed by atoms with E-state index < -0.39 is 0 Å². The molecule has 134 valence electrons. The number of hydrogen-bond acceptors (Lipinski definition) is 2. The summed E-state index contributed by atoms with van der Waals surface area (Å²) in [7, 11) is 0. The van der Waals surface area contributed by atoms with E-state index >= 15 is 0 Å². The number of nitrogens with one attached hydrogen (secondary N) is 1. The molecular weight excluding hydrogens is 322 g/mol. The molecule has 0 saturated heterocycles. The van der Waals surface area contributed by atoms with Crippen LogP contribution in [-0.4, -0.2) is 22.0 Å². The van der Waals surface area contributed by atoms with Crippen LogP contribution in [0.25, 0.3) is 11.0 Å². The van der Waals surface area contributed by atoms with Crippen molar-refractivity contribution in [2.24, 2.45) is 0 Å². The van der Waals surface area contributed by atoms with Gasteiger partial charge < -0.3 is 9.88 Å². The first kappa shape index (κ1) is 17.9. The molecule has 4 heteroatoms. The minimum atomic E-state index is 0.0800. The summed E-state index contributed by atoms with van der Waals surface area (Å²) in [6.45, 7) is 7.38. The number of carbonyl (C=O) groups excluding carboxylic acids is 1. The molecule has 0 radical (unpaired) electrons. The Bertz CT molecular complexity index is 896. The number of hydrogen-bond donors (Lipinski definition) is 1. The standard InChI is InChI=1S/C22H25N3O/c1-17(2)16-25-20-11-7-6-10-19(20)24-21(25)14-15-23-22(26)13-12-18-8-4-3-5-9-18/h3-11H,1,12-16H2,2H3,(H,23,26). The largest absolute Gasteiger partial charge is 0.356 e. The Kier molecular flexibility index (Phi) is 5.84. The summed E-state index contributed by atoms with van der Waals surface area (Å²) < 4.78 is 2.19. The Balaban J connectivity index is 1.57. The average molecular weight is 347 g/mol. The molecule has 1 N–H and O–H groups in total. The zero-order valence-corrected chi connectivity index (χ0v) is 15.2. The second-order valence-corrected chi connectivity index (χ2v) is 6.65. The van der Waals surface area contributed by atoms with Crippen molar-refractivity contribution in [3.05, 3.63) is 78.1 Å². The SMILES string of the molecule is C=C(C)Cn1c(CCNC(=O)CCc2ccccc2)nc2ccccc21. The van der Waals surface area contributed by atoms with Crippen LogP contribution in [0, 0.1) is 0 Å². The summed E-state index contributed by atoms with van der Waals surface area (Å²) in [6.07, 6.45) is 1.98. The lowest BCUT2D eigenvalue weighted by Gasteiger charge is -2.10. The normalized spacial score (nSPS) is 10.8. The highest BCUT2D eigenvalue weighted by Crippen LogP contribution is 2.17. The molecule has 0 unspecified atom stereocenters. The summed E-state index contributed by atoms with van der Waals surface area (Å²) in [5.74, 6) is 1.06. The highest BCUT2D eigenvalue weighted by molar-refractivity contribution is 5.77. The Hall–Kier alpha value is -2.88. The lowest BCUT2D eigenvalue weighted by molar-refractivity contribution is -0.121. The van der Waals surface area contributed by atoms with E-state index in [1.807, 2.05) is 55.5 Å². The molecule has 2 aromatic carbocycles. The fourth-order valence-corrected chi connectivity index (χ4v) is 3.07. The van der Waals surface area contributed by atoms with Gasteiger partial charge in [0.05, 0.1) is 11.0 Å². The van der Waals surface area contributed by atoms with Crippen LogP contribution in [0.4, 0.5) is 0 Å². The minimum Gasteiger partial charge on any atom is -0.356 e. The first-order valence-electron chi connectivity index (χ1n) is 9.02. The van der Waals surface area contributed by atoms with Gasteiger partial charge in [-0.1, -0.05) is 54.6 Å². The second kappa shape index (κ2) is 8.48. The third kappa shape index (κ3) is 4.60. The number of para-hydroxylation sites is 2. The van der Waals surface area contributed by atoms with Crippen LogP contribution >= 0.6 is 0 Å². The van der Waals surface area contributed by atoms with Crippen molar-refractivity contribution in [2.75, 3.05) is 6.54 Å². The van der Waals surface area contributed by atoms with Crippen molar-refractivity contribution in [2.45, 2.75) is 32.7 Å². The predicted molar refractivity (Wildman–Crippen MR) is 106 cm³/mol. The quantitative estimate of drug-likeness (QED) is 0.628. The molecule has 3 aromatic rings. The molecule has 1 amide bonds. The molecule has 0 bridgehead atoms. The maximum Gasteiger partial charge on any atom is 0.220 e. The molecule has 1 aromatic heterocycles. The van der Waals surface area contributed by atoms with Gasteiger partial charge in [-0.25, -0.2) is 4.98 Å². The van der Waals surface area contributed by atoms with Crippen LogP contribution < -0.4 is 5.32 Å². The van der Waals surface area contributed by atoms with Gasteiger partial charge >= 0.3 is 0 Å². The second-order valence-electron chi connectivity index (χ2n) is 6.65. The molecule has 0 aliphatic carbocycles. The van der Waals surface area contributed by atoms with Crippen molar-refractivity contribution >= 4 is 16.9 Å². The number of aromatic nitrogens is 2. The van der Waals surface area contributed by atoms with Crippen LogP contribution in [-0.2, 0) is 24.2 Å². The number of benzene rings is 2. The molecule has 0 aliphatic rings. The minimum absolute atomic E-state index is 0.0800. The average Bonchev–Trinajstić information content (AvgIpc) is 2.98. The van der Waals surface area contributed by atoms with Gasteiger partial charge in [-0.3, -0.25) is 4.79 Å². The Morgan fingerprint density at radius 2 is 1.81 bits per heavy atom. The molecule has 0 fully saturated rings. The van der Waals surface area contributed by atoms with Crippen LogP contribution in [0.2, 0.25) is 0 Å². The Morgan fingerprint density at radius 1 is 1.08 bits per heavy atom. The molecule has 0 aliphatic heterocycles. The third-order valence-corrected chi connectivity index (χ3v) is 4.32. The summed E-state index contributed by atoms with van der Waals surface area (Å²) in [6, 6.07) is 18.2. The van der Waals surface area contributed by atoms with Gasteiger partial charge in [0.1, 0.15) is 5.82 Å². The fraction of sp³-hybridized carbons (Fsp3) is 0.273. The summed E-state index contributed by atoms with van der Waals surface area (Å²) in [5, 5.41) is 3.01. The number of allylic oxidation sites excluding steroid dienone is 1. The zero-order chi connectivity index (χ0) is 18.4. The molecule has 26 heavy (non-hydrogen) atoms. The summed E-state index contributed by atoms with van der Waals surface area (Å²) in [5.41, 5.74) is 4.37. The molecule has 0 spiro atoms. The first-order valence-corrected chi connectivity index (χ1v) is 9.02. The highest BCUT2D eigenvalue weighted by atomic mass is 16.1. The summed E-state index contributed by atoms with van der Waals surface area (Å²) >= 11 is 0. The molecule has 4 nitrogen and oxygen atoms in total. The maximum absolute atomic E-state index is 12.1. The lowest BCUT2D eigenvalue weighted by atomic mass is 10.1. The van der Waals surface area contributed by atoms with Gasteiger partial charge in [0.25, 0.3) is 0 Å². The van der Waals surface area contributed by atoms with E-state index in [1.165, 1.54) is 5.56 Å². The van der Waals surface area contributed by atoms with E-state index in [-0.39, 0.29) is 5.91 Å². The monoisotopic (exact) mass is 347 g/mol. The van der Waals surface area contributed by atoms with E-state index in [0.717, 1.165) is 35.4 Å². The highest BCUT2D eigenvalue weighted by Gasteiger charge is 2.11. The number of rotatable bonds is 8. The number of carbonyl (C=O) groups is 1. The predicted octanol–water partition coefficient (Wildman–Crippen LogP) is 3.90. The zero-order valence-electron chi connectivity index (χ0n) is 15.2. The third-order valence-electron chi connectivity index (χ3n) is 4.32. The van der Waals surface area contributed by atoms with Gasteiger partial charge in [0.15, 0.2) is 0 Å². The first-order chi connectivity index (χ1) is 12.6. The number of imidazole rings is 1. The van der Waals surface area contributed by atoms with Crippen molar-refractivity contribution in [1.82, 2.24) is 14.9 Å². The van der Waals surface area contributed by atoms with Crippen molar-refractivity contribution in [1.29, 1.82) is 0 Å². The van der Waals surface area contributed by atoms with Gasteiger partial charge in [0.2, 0.25) is 5.91 Å². The van der Waals surface area contributed by atoms with Gasteiger partial charge in [-0.2, -0.15) is 0 Å². The fourth-order valence-electron chi connectivity index (χ4n) is 3.07. The summed E-state index contributed by atoms with van der Waals surface area (Å²) in [4.78, 5) is 16.8. The van der Waals surface area contributed by atoms with E-state index in [2.05, 4.69) is 22.5 Å². The molecule has 0 atom stereocenters. The number of aryl methyl sites for hydroxylation is 1. The number of fused-ring (bicyclic) bond motifs is 1. The van der Waals surface area contributed by atoms with E-state index in [0.29, 0.717) is 19.4 Å². The van der Waals surface area contributed by atoms with Crippen molar-refractivity contribution in [3.63, 3.8) is 0 Å². The van der Waals surface area contributed by atoms with E-state index in [9.17, 15) is 4.79 Å². The number of amides is 1. The smallest absolute Gasteiger partial charge is 0.220 e. The van der Waals surface area contributed by atoms with Crippen molar-refractivity contribution < 1.29 is 4.79 Å². The Morgan fingerprint density at radius 3 is 2.58 bits per heavy atom. The number of nitrogens with zero attached hydrogens (tertiary/aromatic N) is 2. The van der Waals surface area contributed by atoms with Crippen LogP contribution in [0.3, 0.4) is 0 Å². The maximum atomic E-state index is 12.1. The van der Waals surface area contributed by atoms with E-state index in [1.54, 1.807) is 0 Å². The van der Waals surface area contributed by atoms with Crippen molar-refractivity contribution in [3.8, 4) is 0 Å². The topological polar surface area (TPSA) is 46.9 Å². The lowest BCUT2D eigenvalue weighted by Crippen LogP contribution is -2.26. The molecule has 1 heterocycles. The molecule has 0 saturated carbocycles. The van der Waals surface area contributed by atoms with Crippen LogP contribution in [0.1, 0.15) is 24.7 Å². The van der Waals surface area contributed by atoms with E-state index in [4.69, 9.17) is 4.98 Å². The molecular formula is C22H25N3O. The van der Waals surface area contributed by atoms with Gasteiger partial charge in [-0.05, 0) is 31.0 Å². The van der Waals surface area contributed by atoms with Crippen LogP contribution in [0.15, 0.2) is 66.7 Å². The van der Waals surface area contributed by atoms with Crippen LogP contribution in [0.5, 0.6) is 0 Å². The Labute approximate surface area is 154 Å². The molecule has 3 rings (SSSR count). The van der Waals surface area contributed by atoms with Gasteiger partial charge in [-0.15, -0.1) is 0 Å².